The molecule has 0 radical (unpaired) electrons. The van der Waals surface area contributed by atoms with E-state index in [1.165, 1.54) is 0 Å². The molecule has 17 heavy (non-hydrogen) atoms. The van der Waals surface area contributed by atoms with Crippen molar-refractivity contribution in [2.24, 2.45) is 0 Å². The zero-order valence-corrected chi connectivity index (χ0v) is 9.68. The Hall–Kier alpha value is -1.93. The van der Waals surface area contributed by atoms with Crippen LogP contribution in [0.4, 0.5) is 0 Å². The van der Waals surface area contributed by atoms with Crippen molar-refractivity contribution in [3.63, 3.8) is 0 Å². The van der Waals surface area contributed by atoms with Gasteiger partial charge in [-0.1, -0.05) is 35.9 Å². The number of nitrogens with one attached hydrogen (secondary N) is 2. The summed E-state index contributed by atoms with van der Waals surface area (Å²) in [5.41, 5.74) is 2.28. The molecule has 2 aromatic rings. The zero-order chi connectivity index (χ0) is 12.0. The van der Waals surface area contributed by atoms with Crippen LogP contribution in [-0.2, 0) is 0 Å². The average molecular weight is 241 g/mol. The van der Waals surface area contributed by atoms with Crippen LogP contribution in [0.5, 0.6) is 0 Å². The summed E-state index contributed by atoms with van der Waals surface area (Å²) in [7, 11) is 0. The summed E-state index contributed by atoms with van der Waals surface area (Å²) in [5, 5.41) is 18.4. The van der Waals surface area contributed by atoms with E-state index in [1.807, 2.05) is 36.4 Å². The van der Waals surface area contributed by atoms with Crippen molar-refractivity contribution in [3.8, 4) is 0 Å². The molecule has 0 aliphatic heterocycles. The highest BCUT2D eigenvalue weighted by Crippen LogP contribution is 2.29. The lowest BCUT2D eigenvalue weighted by Gasteiger charge is -2.15. The normalized spacial score (nSPS) is 14.2. The lowest BCUT2D eigenvalue weighted by molar-refractivity contribution is 1.47. The van der Waals surface area contributed by atoms with Crippen LogP contribution in [0, 0.1) is 10.8 Å². The van der Waals surface area contributed by atoms with Gasteiger partial charge in [0.2, 0.25) is 0 Å². The Balaban J connectivity index is 2.46. The number of benzene rings is 2. The minimum atomic E-state index is 0.241. The first-order chi connectivity index (χ1) is 8.16. The summed E-state index contributed by atoms with van der Waals surface area (Å²) in [6.07, 6.45) is 3.52. The Morgan fingerprint density at radius 2 is 1.71 bits per heavy atom. The summed E-state index contributed by atoms with van der Waals surface area (Å²) >= 11 is 6.00. The molecule has 2 aromatic carbocycles. The van der Waals surface area contributed by atoms with Gasteiger partial charge >= 0.3 is 0 Å². The second kappa shape index (κ2) is 3.54. The van der Waals surface area contributed by atoms with Crippen molar-refractivity contribution >= 4 is 39.9 Å². The maximum absolute atomic E-state index is 8.01. The van der Waals surface area contributed by atoms with Gasteiger partial charge < -0.3 is 0 Å². The van der Waals surface area contributed by atoms with E-state index in [0.717, 1.165) is 21.9 Å². The van der Waals surface area contributed by atoms with Crippen LogP contribution in [0.25, 0.3) is 16.8 Å². The van der Waals surface area contributed by atoms with Crippen LogP contribution in [0.2, 0.25) is 5.02 Å². The highest BCUT2D eigenvalue weighted by Gasteiger charge is 2.17. The summed E-state index contributed by atoms with van der Waals surface area (Å²) in [5.74, 6) is 0. The van der Waals surface area contributed by atoms with Crippen molar-refractivity contribution < 1.29 is 0 Å². The first-order valence-electron chi connectivity index (χ1n) is 5.25. The minimum absolute atomic E-state index is 0.241. The molecule has 1 aliphatic carbocycles. The van der Waals surface area contributed by atoms with Crippen LogP contribution < -0.4 is 0 Å². The Kier molecular flexibility index (Phi) is 2.13. The van der Waals surface area contributed by atoms with Gasteiger partial charge in [-0.2, -0.15) is 0 Å². The molecule has 0 unspecified atom stereocenters. The largest absolute Gasteiger partial charge is 0.299 e. The molecule has 0 heterocycles. The lowest BCUT2D eigenvalue weighted by Crippen LogP contribution is -2.16. The van der Waals surface area contributed by atoms with Gasteiger partial charge in [0.05, 0.1) is 11.4 Å². The molecule has 0 spiro atoms. The van der Waals surface area contributed by atoms with Gasteiger partial charge in [-0.15, -0.1) is 0 Å². The first kappa shape index (κ1) is 10.2. The molecule has 3 rings (SSSR count). The van der Waals surface area contributed by atoms with Gasteiger partial charge in [0.15, 0.2) is 0 Å². The summed E-state index contributed by atoms with van der Waals surface area (Å²) in [6.45, 7) is 0. The number of hydrogen-bond acceptors (Lipinski definition) is 2. The second-order valence-electron chi connectivity index (χ2n) is 4.02. The molecule has 2 N–H and O–H groups in total. The lowest BCUT2D eigenvalue weighted by atomic mass is 9.89. The van der Waals surface area contributed by atoms with Crippen LogP contribution in [0.1, 0.15) is 11.1 Å². The van der Waals surface area contributed by atoms with Gasteiger partial charge in [-0.05, 0) is 34.5 Å². The predicted molar refractivity (Wildman–Crippen MR) is 72.5 cm³/mol. The molecule has 0 bridgehead atoms. The molecule has 3 heteroatoms. The van der Waals surface area contributed by atoms with E-state index in [2.05, 4.69) is 0 Å². The standard InChI is InChI=1S/C14H9ClN2/c15-10-5-3-8-1-2-9-4-6-12(16)14(17)13(9)11(8)7-10/h1-7,16-17H. The third-order valence-electron chi connectivity index (χ3n) is 2.96. The Bertz CT molecular complexity index is 699. The Labute approximate surface area is 104 Å². The SMILES string of the molecule is N=C1C=Cc2ccc3ccc(Cl)cc3c2C1=N. The highest BCUT2D eigenvalue weighted by molar-refractivity contribution is 6.54. The minimum Gasteiger partial charge on any atom is -0.299 e. The number of allylic oxidation sites excluding steroid dienone is 1. The van der Waals surface area contributed by atoms with E-state index >= 15 is 0 Å². The molecule has 0 atom stereocenters. The van der Waals surface area contributed by atoms with Crippen molar-refractivity contribution in [1.29, 1.82) is 10.8 Å². The van der Waals surface area contributed by atoms with E-state index in [0.29, 0.717) is 5.02 Å². The summed E-state index contributed by atoms with van der Waals surface area (Å²) < 4.78 is 0. The molecule has 2 nitrogen and oxygen atoms in total. The molecular formula is C14H9ClN2. The smallest absolute Gasteiger partial charge is 0.0873 e. The van der Waals surface area contributed by atoms with Gasteiger partial charge in [0.1, 0.15) is 0 Å². The third kappa shape index (κ3) is 1.49. The van der Waals surface area contributed by atoms with Gasteiger partial charge in [0.25, 0.3) is 0 Å². The molecular weight excluding hydrogens is 232 g/mol. The molecule has 82 valence electrons. The number of rotatable bonds is 0. The quantitative estimate of drug-likeness (QED) is 0.702. The monoisotopic (exact) mass is 240 g/mol. The Morgan fingerprint density at radius 3 is 2.53 bits per heavy atom. The van der Waals surface area contributed by atoms with Crippen LogP contribution in [-0.4, -0.2) is 11.4 Å². The number of halogens is 1. The highest BCUT2D eigenvalue weighted by atomic mass is 35.5. The van der Waals surface area contributed by atoms with Gasteiger partial charge in [-0.3, -0.25) is 10.8 Å². The van der Waals surface area contributed by atoms with Crippen molar-refractivity contribution in [1.82, 2.24) is 0 Å². The van der Waals surface area contributed by atoms with E-state index in [9.17, 15) is 0 Å². The fourth-order valence-corrected chi connectivity index (χ4v) is 2.29. The average Bonchev–Trinajstić information content (AvgIpc) is 2.33. The second-order valence-corrected chi connectivity index (χ2v) is 4.45. The fraction of sp³-hybridized carbons (Fsp3) is 0. The Morgan fingerprint density at radius 1 is 0.941 bits per heavy atom. The molecule has 0 aromatic heterocycles. The van der Waals surface area contributed by atoms with E-state index in [-0.39, 0.29) is 11.4 Å². The van der Waals surface area contributed by atoms with Crippen molar-refractivity contribution in [3.05, 3.63) is 52.6 Å². The maximum atomic E-state index is 8.01. The predicted octanol–water partition coefficient (Wildman–Crippen LogP) is 3.91. The number of hydrogen-bond donors (Lipinski definition) is 2. The van der Waals surface area contributed by atoms with Crippen LogP contribution in [0.15, 0.2) is 36.4 Å². The van der Waals surface area contributed by atoms with Crippen molar-refractivity contribution in [2.75, 3.05) is 0 Å². The molecule has 0 amide bonds. The zero-order valence-electron chi connectivity index (χ0n) is 8.92. The van der Waals surface area contributed by atoms with E-state index in [4.69, 9.17) is 22.4 Å². The third-order valence-corrected chi connectivity index (χ3v) is 3.20. The van der Waals surface area contributed by atoms with Gasteiger partial charge in [-0.25, -0.2) is 0 Å². The molecule has 0 saturated carbocycles. The topological polar surface area (TPSA) is 47.7 Å². The summed E-state index contributed by atoms with van der Waals surface area (Å²) in [4.78, 5) is 0. The van der Waals surface area contributed by atoms with Crippen molar-refractivity contribution in [2.45, 2.75) is 0 Å². The van der Waals surface area contributed by atoms with Crippen LogP contribution >= 0.6 is 11.6 Å². The molecule has 0 saturated heterocycles. The van der Waals surface area contributed by atoms with Gasteiger partial charge in [0, 0.05) is 10.6 Å². The maximum Gasteiger partial charge on any atom is 0.0873 e. The van der Waals surface area contributed by atoms with E-state index < -0.39 is 0 Å². The fourth-order valence-electron chi connectivity index (χ4n) is 2.12. The molecule has 0 fully saturated rings. The van der Waals surface area contributed by atoms with Crippen LogP contribution in [0.3, 0.4) is 0 Å². The first-order valence-corrected chi connectivity index (χ1v) is 5.63. The number of fused-ring (bicyclic) bond motifs is 3. The van der Waals surface area contributed by atoms with E-state index in [1.54, 1.807) is 6.08 Å². The molecule has 1 aliphatic rings. The summed E-state index contributed by atoms with van der Waals surface area (Å²) in [6, 6.07) is 9.62.